The molecular weight excluding hydrogens is 555 g/mol. The van der Waals surface area contributed by atoms with Gasteiger partial charge in [0.1, 0.15) is 5.60 Å². The first-order valence-electron chi connectivity index (χ1n) is 14.3. The summed E-state index contributed by atoms with van der Waals surface area (Å²) in [5.41, 5.74) is -1.50. The molecule has 1 saturated heterocycles. The van der Waals surface area contributed by atoms with Crippen LogP contribution in [0.1, 0.15) is 71.9 Å². The van der Waals surface area contributed by atoms with Gasteiger partial charge in [-0.3, -0.25) is 14.4 Å². The SMILES string of the molecule is COC[C@H]1CN(C2CCC(n3cc4cc(NC(=O)C(F)(F)F)c(C(C)(C)O)cc4n3)CC2)CCN1C(=O)OC(C)(C)C. The van der Waals surface area contributed by atoms with E-state index >= 15 is 0 Å². The molecule has 1 aliphatic heterocycles. The van der Waals surface area contributed by atoms with Crippen LogP contribution >= 0.6 is 0 Å². The van der Waals surface area contributed by atoms with Gasteiger partial charge in [0.25, 0.3) is 0 Å². The molecule has 42 heavy (non-hydrogen) atoms. The number of hydrogen-bond donors (Lipinski definition) is 2. The molecule has 2 N–H and O–H groups in total. The first kappa shape index (κ1) is 32.0. The molecule has 0 unspecified atom stereocenters. The molecule has 10 nitrogen and oxygen atoms in total. The number of ether oxygens (including phenoxy) is 2. The number of hydrogen-bond acceptors (Lipinski definition) is 7. The Balaban J connectivity index is 1.44. The predicted octanol–water partition coefficient (Wildman–Crippen LogP) is 4.82. The van der Waals surface area contributed by atoms with Crippen molar-refractivity contribution < 1.29 is 37.3 Å². The van der Waals surface area contributed by atoms with Gasteiger partial charge in [-0.25, -0.2) is 4.79 Å². The predicted molar refractivity (Wildman–Crippen MR) is 151 cm³/mol. The first-order valence-corrected chi connectivity index (χ1v) is 14.3. The highest BCUT2D eigenvalue weighted by molar-refractivity contribution is 5.98. The maximum atomic E-state index is 12.9. The van der Waals surface area contributed by atoms with E-state index in [1.165, 1.54) is 26.0 Å². The summed E-state index contributed by atoms with van der Waals surface area (Å²) in [6, 6.07) is 3.30. The van der Waals surface area contributed by atoms with Crippen LogP contribution in [-0.4, -0.2) is 93.9 Å². The number of benzene rings is 1. The molecule has 1 aliphatic carbocycles. The second-order valence-corrected chi connectivity index (χ2v) is 12.8. The Labute approximate surface area is 244 Å². The lowest BCUT2D eigenvalue weighted by atomic mass is 9.89. The summed E-state index contributed by atoms with van der Waals surface area (Å²) in [6.07, 6.45) is -0.0327. The normalized spacial score (nSPS) is 22.8. The molecule has 2 fully saturated rings. The highest BCUT2D eigenvalue weighted by atomic mass is 19.4. The van der Waals surface area contributed by atoms with Gasteiger partial charge in [-0.1, -0.05) is 0 Å². The second kappa shape index (κ2) is 12.0. The Morgan fingerprint density at radius 2 is 1.69 bits per heavy atom. The molecule has 234 valence electrons. The van der Waals surface area contributed by atoms with Crippen LogP contribution in [0.4, 0.5) is 23.7 Å². The van der Waals surface area contributed by atoms with Gasteiger partial charge in [0, 0.05) is 55.6 Å². The third kappa shape index (κ3) is 7.54. The fourth-order valence-electron chi connectivity index (χ4n) is 5.88. The summed E-state index contributed by atoms with van der Waals surface area (Å²) in [5, 5.41) is 17.8. The first-order chi connectivity index (χ1) is 19.5. The van der Waals surface area contributed by atoms with E-state index in [0.29, 0.717) is 36.6 Å². The van der Waals surface area contributed by atoms with Gasteiger partial charge in [-0.05, 0) is 72.4 Å². The maximum Gasteiger partial charge on any atom is 0.471 e. The minimum Gasteiger partial charge on any atom is -0.444 e. The zero-order chi connectivity index (χ0) is 31.0. The van der Waals surface area contributed by atoms with Gasteiger partial charge >= 0.3 is 18.2 Å². The fourth-order valence-corrected chi connectivity index (χ4v) is 5.88. The van der Waals surface area contributed by atoms with Crippen LogP contribution in [0.25, 0.3) is 10.9 Å². The molecule has 1 atom stereocenters. The van der Waals surface area contributed by atoms with Gasteiger partial charge in [0.05, 0.1) is 29.8 Å². The third-order valence-electron chi connectivity index (χ3n) is 7.88. The van der Waals surface area contributed by atoms with Crippen LogP contribution in [0.15, 0.2) is 18.3 Å². The number of alkyl halides is 3. The van der Waals surface area contributed by atoms with Crippen molar-refractivity contribution in [2.75, 3.05) is 38.7 Å². The number of carbonyl (C=O) groups is 2. The summed E-state index contributed by atoms with van der Waals surface area (Å²) in [6.45, 7) is 10.9. The van der Waals surface area contributed by atoms with Crippen LogP contribution in [0, 0.1) is 0 Å². The number of fused-ring (bicyclic) bond motifs is 1. The number of rotatable bonds is 6. The number of halogens is 3. The average Bonchev–Trinajstić information content (AvgIpc) is 3.29. The molecule has 1 aromatic carbocycles. The van der Waals surface area contributed by atoms with Crippen LogP contribution in [0.5, 0.6) is 0 Å². The van der Waals surface area contributed by atoms with E-state index in [9.17, 15) is 27.9 Å². The number of methoxy groups -OCH3 is 1. The van der Waals surface area contributed by atoms with Crippen LogP contribution in [-0.2, 0) is 19.9 Å². The molecule has 1 aromatic heterocycles. The van der Waals surface area contributed by atoms with E-state index in [1.807, 2.05) is 30.8 Å². The lowest BCUT2D eigenvalue weighted by molar-refractivity contribution is -0.167. The zero-order valence-corrected chi connectivity index (χ0v) is 25.1. The van der Waals surface area contributed by atoms with Crippen LogP contribution in [0.2, 0.25) is 0 Å². The van der Waals surface area contributed by atoms with Crippen molar-refractivity contribution >= 4 is 28.6 Å². The van der Waals surface area contributed by atoms with Crippen LogP contribution < -0.4 is 5.32 Å². The molecule has 2 amide bonds. The molecule has 1 saturated carbocycles. The lowest BCUT2D eigenvalue weighted by Crippen LogP contribution is -2.59. The minimum atomic E-state index is -5.05. The van der Waals surface area contributed by atoms with Gasteiger partial charge in [0.15, 0.2) is 0 Å². The Morgan fingerprint density at radius 3 is 2.26 bits per heavy atom. The number of nitrogens with one attached hydrogen (secondary N) is 1. The van der Waals surface area contributed by atoms with Crippen molar-refractivity contribution in [3.8, 4) is 0 Å². The molecular formula is C29H42F3N5O5. The van der Waals surface area contributed by atoms with E-state index in [0.717, 1.165) is 32.2 Å². The molecule has 4 rings (SSSR count). The third-order valence-corrected chi connectivity index (χ3v) is 7.88. The average molecular weight is 598 g/mol. The van der Waals surface area contributed by atoms with Gasteiger partial charge in [-0.15, -0.1) is 0 Å². The Kier molecular flexibility index (Phi) is 9.15. The lowest BCUT2D eigenvalue weighted by Gasteiger charge is -2.45. The Bertz CT molecular complexity index is 1280. The van der Waals surface area contributed by atoms with Crippen molar-refractivity contribution in [3.05, 3.63) is 23.9 Å². The number of amides is 2. The zero-order valence-electron chi connectivity index (χ0n) is 25.1. The van der Waals surface area contributed by atoms with E-state index in [2.05, 4.69) is 4.90 Å². The van der Waals surface area contributed by atoms with E-state index in [-0.39, 0.29) is 29.4 Å². The summed E-state index contributed by atoms with van der Waals surface area (Å²) >= 11 is 0. The van der Waals surface area contributed by atoms with Crippen molar-refractivity contribution in [2.45, 2.75) is 95.8 Å². The molecule has 13 heteroatoms. The number of carbonyl (C=O) groups excluding carboxylic acids is 2. The largest absolute Gasteiger partial charge is 0.471 e. The fraction of sp³-hybridized carbons (Fsp3) is 0.690. The number of aliphatic hydroxyl groups is 1. The number of piperazine rings is 1. The number of aromatic nitrogens is 2. The van der Waals surface area contributed by atoms with Crippen molar-refractivity contribution in [1.29, 1.82) is 0 Å². The van der Waals surface area contributed by atoms with E-state index in [1.54, 1.807) is 18.2 Å². The molecule has 2 aromatic rings. The second-order valence-electron chi connectivity index (χ2n) is 12.8. The molecule has 2 heterocycles. The van der Waals surface area contributed by atoms with E-state index in [4.69, 9.17) is 14.6 Å². The maximum absolute atomic E-state index is 12.9. The summed E-state index contributed by atoms with van der Waals surface area (Å²) in [5.74, 6) is -2.10. The molecule has 0 bridgehead atoms. The van der Waals surface area contributed by atoms with Crippen LogP contribution in [0.3, 0.4) is 0 Å². The quantitative estimate of drug-likeness (QED) is 0.492. The standard InChI is InChI=1S/C29H42F3N5O5/c1-27(2,3)42-26(39)36-12-11-35(16-21(36)17-41-6)19-7-9-20(10-8-19)37-15-18-13-24(33-25(38)29(30,31)32)22(28(4,5)40)14-23(18)34-37/h13-15,19-21,40H,7-12,16-17H2,1-6H3,(H,33,38)/t19?,20?,21-/m1/s1. The van der Waals surface area contributed by atoms with Gasteiger partial charge in [0.2, 0.25) is 0 Å². The van der Waals surface area contributed by atoms with E-state index < -0.39 is 23.3 Å². The van der Waals surface area contributed by atoms with Crippen molar-refractivity contribution in [1.82, 2.24) is 19.6 Å². The Morgan fingerprint density at radius 1 is 1.05 bits per heavy atom. The number of nitrogens with zero attached hydrogens (tertiary/aromatic N) is 4. The van der Waals surface area contributed by atoms with Crippen molar-refractivity contribution in [2.24, 2.45) is 0 Å². The van der Waals surface area contributed by atoms with Gasteiger partial charge in [-0.2, -0.15) is 18.3 Å². The summed E-state index contributed by atoms with van der Waals surface area (Å²) < 4.78 is 51.7. The molecule has 0 spiro atoms. The molecule has 2 aliphatic rings. The number of anilines is 1. The van der Waals surface area contributed by atoms with Crippen molar-refractivity contribution in [3.63, 3.8) is 0 Å². The monoisotopic (exact) mass is 597 g/mol. The minimum absolute atomic E-state index is 0.100. The Hall–Kier alpha value is -2.90. The smallest absolute Gasteiger partial charge is 0.444 e. The summed E-state index contributed by atoms with van der Waals surface area (Å²) in [4.78, 5) is 28.6. The topological polar surface area (TPSA) is 109 Å². The molecule has 0 radical (unpaired) electrons. The highest BCUT2D eigenvalue weighted by Gasteiger charge is 2.40. The van der Waals surface area contributed by atoms with Gasteiger partial charge < -0.3 is 24.8 Å². The summed E-state index contributed by atoms with van der Waals surface area (Å²) in [7, 11) is 1.63. The highest BCUT2D eigenvalue weighted by Crippen LogP contribution is 2.36.